The highest BCUT2D eigenvalue weighted by Gasteiger charge is 2.21. The number of morpholine rings is 1. The Morgan fingerprint density at radius 1 is 1.03 bits per heavy atom. The minimum atomic E-state index is -0.351. The molecule has 2 fully saturated rings. The number of benzene rings is 1. The molecule has 10 heteroatoms. The van der Waals surface area contributed by atoms with Crippen molar-refractivity contribution in [2.45, 2.75) is 19.4 Å². The maximum atomic E-state index is 12.4. The maximum absolute atomic E-state index is 12.4. The van der Waals surface area contributed by atoms with Crippen molar-refractivity contribution in [2.24, 2.45) is 0 Å². The van der Waals surface area contributed by atoms with Crippen molar-refractivity contribution in [3.8, 4) is 5.75 Å². The molecule has 2 aliphatic heterocycles. The van der Waals surface area contributed by atoms with Crippen molar-refractivity contribution in [1.29, 1.82) is 0 Å². The van der Waals surface area contributed by atoms with Crippen LogP contribution in [0.1, 0.15) is 18.7 Å². The van der Waals surface area contributed by atoms with E-state index in [0.29, 0.717) is 42.4 Å². The van der Waals surface area contributed by atoms with E-state index in [4.69, 9.17) is 9.47 Å². The number of hydrogen-bond acceptors (Lipinski definition) is 8. The number of nitrogens with zero attached hydrogens (tertiary/aromatic N) is 5. The van der Waals surface area contributed by atoms with Crippen molar-refractivity contribution in [1.82, 2.24) is 20.3 Å². The first kappa shape index (κ1) is 20.1. The van der Waals surface area contributed by atoms with Gasteiger partial charge in [-0.2, -0.15) is 15.0 Å². The van der Waals surface area contributed by atoms with Crippen LogP contribution >= 0.6 is 0 Å². The molecule has 160 valence electrons. The third-order valence-electron chi connectivity index (χ3n) is 5.10. The Morgan fingerprint density at radius 2 is 1.70 bits per heavy atom. The Bertz CT molecular complexity index is 867. The smallest absolute Gasteiger partial charge is 0.319 e. The zero-order chi connectivity index (χ0) is 20.8. The lowest BCUT2D eigenvalue weighted by molar-refractivity contribution is 0.122. The van der Waals surface area contributed by atoms with Crippen LogP contribution in [0.25, 0.3) is 0 Å². The van der Waals surface area contributed by atoms with Crippen LogP contribution in [-0.4, -0.2) is 67.5 Å². The second-order valence-corrected chi connectivity index (χ2v) is 7.15. The number of hydrogen-bond donors (Lipinski definition) is 2. The van der Waals surface area contributed by atoms with E-state index in [1.54, 1.807) is 19.2 Å². The lowest BCUT2D eigenvalue weighted by Crippen LogP contribution is -2.38. The maximum Gasteiger partial charge on any atom is 0.319 e. The highest BCUT2D eigenvalue weighted by Crippen LogP contribution is 2.23. The largest absolute Gasteiger partial charge is 0.495 e. The van der Waals surface area contributed by atoms with E-state index >= 15 is 0 Å². The van der Waals surface area contributed by atoms with E-state index < -0.39 is 0 Å². The van der Waals surface area contributed by atoms with Gasteiger partial charge in [0, 0.05) is 26.2 Å². The number of ether oxygens (including phenoxy) is 2. The third kappa shape index (κ3) is 4.88. The Balaban J connectivity index is 1.46. The van der Waals surface area contributed by atoms with Gasteiger partial charge < -0.3 is 29.9 Å². The number of nitrogens with one attached hydrogen (secondary N) is 2. The summed E-state index contributed by atoms with van der Waals surface area (Å²) in [5.41, 5.74) is 0.597. The molecule has 4 rings (SSSR count). The molecule has 0 atom stereocenters. The highest BCUT2D eigenvalue weighted by molar-refractivity contribution is 5.90. The lowest BCUT2D eigenvalue weighted by Gasteiger charge is -2.28. The zero-order valence-corrected chi connectivity index (χ0v) is 17.1. The van der Waals surface area contributed by atoms with E-state index in [2.05, 4.69) is 35.4 Å². The molecule has 0 bridgehead atoms. The normalized spacial score (nSPS) is 16.4. The van der Waals surface area contributed by atoms with Crippen LogP contribution in [0.4, 0.5) is 22.4 Å². The fourth-order valence-electron chi connectivity index (χ4n) is 3.51. The first-order chi connectivity index (χ1) is 14.7. The van der Waals surface area contributed by atoms with Gasteiger partial charge in [0.05, 0.1) is 32.6 Å². The highest BCUT2D eigenvalue weighted by atomic mass is 16.5. The summed E-state index contributed by atoms with van der Waals surface area (Å²) >= 11 is 0. The first-order valence-corrected chi connectivity index (χ1v) is 10.2. The molecule has 2 amide bonds. The number of aromatic nitrogens is 3. The minimum absolute atomic E-state index is 0.196. The van der Waals surface area contributed by atoms with Crippen LogP contribution in [0.5, 0.6) is 5.75 Å². The summed E-state index contributed by atoms with van der Waals surface area (Å²) in [5.74, 6) is 2.44. The number of urea groups is 1. The molecule has 2 saturated heterocycles. The quantitative estimate of drug-likeness (QED) is 0.737. The molecule has 0 unspecified atom stereocenters. The number of amides is 2. The Hall–Kier alpha value is -3.14. The van der Waals surface area contributed by atoms with Crippen LogP contribution in [-0.2, 0) is 11.3 Å². The summed E-state index contributed by atoms with van der Waals surface area (Å²) in [6.07, 6.45) is 2.26. The lowest BCUT2D eigenvalue weighted by atomic mass is 10.3. The van der Waals surface area contributed by atoms with Gasteiger partial charge in [-0.25, -0.2) is 4.79 Å². The van der Waals surface area contributed by atoms with Crippen LogP contribution in [0.2, 0.25) is 0 Å². The van der Waals surface area contributed by atoms with E-state index in [9.17, 15) is 4.79 Å². The molecule has 0 aliphatic carbocycles. The molecule has 0 saturated carbocycles. The Labute approximate surface area is 175 Å². The van der Waals surface area contributed by atoms with Gasteiger partial charge in [0.15, 0.2) is 5.82 Å². The fourth-order valence-corrected chi connectivity index (χ4v) is 3.51. The summed E-state index contributed by atoms with van der Waals surface area (Å²) in [6, 6.07) is 6.90. The third-order valence-corrected chi connectivity index (χ3v) is 5.10. The molecule has 2 N–H and O–H groups in total. The summed E-state index contributed by atoms with van der Waals surface area (Å²) in [5, 5.41) is 5.62. The molecule has 10 nitrogen and oxygen atoms in total. The van der Waals surface area contributed by atoms with E-state index in [-0.39, 0.29) is 12.6 Å². The fraction of sp³-hybridized carbons (Fsp3) is 0.500. The number of rotatable bonds is 6. The second kappa shape index (κ2) is 9.57. The van der Waals surface area contributed by atoms with Gasteiger partial charge in [0.2, 0.25) is 11.9 Å². The predicted octanol–water partition coefficient (Wildman–Crippen LogP) is 1.64. The van der Waals surface area contributed by atoms with Crippen LogP contribution in [0, 0.1) is 0 Å². The number of methoxy groups -OCH3 is 1. The van der Waals surface area contributed by atoms with E-state index in [1.165, 1.54) is 0 Å². The average Bonchev–Trinajstić information content (AvgIpc) is 3.34. The van der Waals surface area contributed by atoms with Gasteiger partial charge in [-0.05, 0) is 25.0 Å². The number of anilines is 3. The molecule has 0 spiro atoms. The predicted molar refractivity (Wildman–Crippen MR) is 113 cm³/mol. The Morgan fingerprint density at radius 3 is 2.40 bits per heavy atom. The van der Waals surface area contributed by atoms with Crippen molar-refractivity contribution in [2.75, 3.05) is 61.6 Å². The molecule has 0 radical (unpaired) electrons. The Kier molecular flexibility index (Phi) is 6.43. The summed E-state index contributed by atoms with van der Waals surface area (Å²) in [6.45, 7) is 4.86. The summed E-state index contributed by atoms with van der Waals surface area (Å²) in [7, 11) is 1.57. The summed E-state index contributed by atoms with van der Waals surface area (Å²) in [4.78, 5) is 30.5. The van der Waals surface area contributed by atoms with Crippen LogP contribution in [0.3, 0.4) is 0 Å². The second-order valence-electron chi connectivity index (χ2n) is 7.15. The van der Waals surface area contributed by atoms with E-state index in [1.807, 2.05) is 12.1 Å². The molecule has 30 heavy (non-hydrogen) atoms. The molecule has 3 heterocycles. The van der Waals surface area contributed by atoms with Crippen molar-refractivity contribution in [3.63, 3.8) is 0 Å². The van der Waals surface area contributed by atoms with Gasteiger partial charge >= 0.3 is 6.03 Å². The average molecular weight is 413 g/mol. The topological polar surface area (TPSA) is 105 Å². The minimum Gasteiger partial charge on any atom is -0.495 e. The molecule has 1 aromatic carbocycles. The van der Waals surface area contributed by atoms with Gasteiger partial charge in [0.1, 0.15) is 5.75 Å². The molecule has 2 aromatic rings. The van der Waals surface area contributed by atoms with Crippen molar-refractivity contribution < 1.29 is 14.3 Å². The van der Waals surface area contributed by atoms with Crippen LogP contribution < -0.4 is 25.2 Å². The van der Waals surface area contributed by atoms with Crippen molar-refractivity contribution in [3.05, 3.63) is 30.1 Å². The molecular formula is C20H27N7O3. The zero-order valence-electron chi connectivity index (χ0n) is 17.1. The van der Waals surface area contributed by atoms with Gasteiger partial charge in [-0.1, -0.05) is 12.1 Å². The van der Waals surface area contributed by atoms with E-state index in [0.717, 1.165) is 39.0 Å². The number of carbonyl (C=O) groups is 1. The molecule has 2 aliphatic rings. The number of carbonyl (C=O) groups excluding carboxylic acids is 1. The SMILES string of the molecule is COc1ccccc1NC(=O)NCc1nc(N2CCCC2)nc(N2CCOCC2)n1. The number of para-hydroxylation sites is 2. The summed E-state index contributed by atoms with van der Waals surface area (Å²) < 4.78 is 10.7. The van der Waals surface area contributed by atoms with Gasteiger partial charge in [-0.15, -0.1) is 0 Å². The first-order valence-electron chi connectivity index (χ1n) is 10.2. The molecular weight excluding hydrogens is 386 g/mol. The van der Waals surface area contributed by atoms with Crippen LogP contribution in [0.15, 0.2) is 24.3 Å². The van der Waals surface area contributed by atoms with Gasteiger partial charge in [-0.3, -0.25) is 0 Å². The standard InChI is InChI=1S/C20H27N7O3/c1-29-16-7-3-2-6-15(16)22-20(28)21-14-17-23-18(26-8-4-5-9-26)25-19(24-17)27-10-12-30-13-11-27/h2-3,6-7H,4-5,8-14H2,1H3,(H2,21,22,28). The van der Waals surface area contributed by atoms with Gasteiger partial charge in [0.25, 0.3) is 0 Å². The van der Waals surface area contributed by atoms with Crippen molar-refractivity contribution >= 4 is 23.6 Å². The molecule has 1 aromatic heterocycles. The monoisotopic (exact) mass is 413 g/mol.